The van der Waals surface area contributed by atoms with Gasteiger partial charge in [-0.05, 0) is 13.0 Å². The first kappa shape index (κ1) is 14.9. The number of amides is 3. The summed E-state index contributed by atoms with van der Waals surface area (Å²) >= 11 is 0. The SMILES string of the molecule is CC(C)CNC(=O)NC(=O)CN(C)CCO. The average Bonchev–Trinajstić information content (AvgIpc) is 2.14. The van der Waals surface area contributed by atoms with Crippen molar-refractivity contribution in [1.29, 1.82) is 0 Å². The van der Waals surface area contributed by atoms with E-state index in [4.69, 9.17) is 5.11 Å². The maximum atomic E-state index is 11.3. The lowest BCUT2D eigenvalue weighted by Gasteiger charge is -2.14. The number of carbonyl (C=O) groups excluding carboxylic acids is 2. The van der Waals surface area contributed by atoms with E-state index in [1.807, 2.05) is 13.8 Å². The van der Waals surface area contributed by atoms with Crippen molar-refractivity contribution in [3.8, 4) is 0 Å². The number of urea groups is 1. The second-order valence-electron chi connectivity index (χ2n) is 4.11. The predicted molar refractivity (Wildman–Crippen MR) is 61.0 cm³/mol. The van der Waals surface area contributed by atoms with Crippen LogP contribution in [0.3, 0.4) is 0 Å². The minimum atomic E-state index is -0.476. The summed E-state index contributed by atoms with van der Waals surface area (Å²) in [6, 6.07) is -0.476. The van der Waals surface area contributed by atoms with E-state index >= 15 is 0 Å². The second-order valence-corrected chi connectivity index (χ2v) is 4.11. The number of hydrogen-bond donors (Lipinski definition) is 3. The Hall–Kier alpha value is -1.14. The van der Waals surface area contributed by atoms with Crippen LogP contribution in [0, 0.1) is 5.92 Å². The summed E-state index contributed by atoms with van der Waals surface area (Å²) in [5, 5.41) is 13.4. The maximum Gasteiger partial charge on any atom is 0.321 e. The van der Waals surface area contributed by atoms with Crippen molar-refractivity contribution in [2.24, 2.45) is 5.92 Å². The molecule has 0 saturated heterocycles. The molecule has 16 heavy (non-hydrogen) atoms. The third-order valence-corrected chi connectivity index (χ3v) is 1.82. The summed E-state index contributed by atoms with van der Waals surface area (Å²) in [6.07, 6.45) is 0. The molecule has 0 spiro atoms. The van der Waals surface area contributed by atoms with Crippen molar-refractivity contribution in [2.75, 3.05) is 33.3 Å². The molecule has 0 heterocycles. The fraction of sp³-hybridized carbons (Fsp3) is 0.800. The first-order chi connectivity index (χ1) is 7.45. The molecule has 0 saturated carbocycles. The molecule has 0 radical (unpaired) electrons. The zero-order valence-corrected chi connectivity index (χ0v) is 10.1. The molecule has 0 bridgehead atoms. The van der Waals surface area contributed by atoms with Gasteiger partial charge in [0.1, 0.15) is 0 Å². The normalized spacial score (nSPS) is 10.6. The Morgan fingerprint density at radius 3 is 2.50 bits per heavy atom. The molecule has 6 nitrogen and oxygen atoms in total. The summed E-state index contributed by atoms with van der Waals surface area (Å²) in [5.74, 6) is -0.0323. The minimum Gasteiger partial charge on any atom is -0.395 e. The largest absolute Gasteiger partial charge is 0.395 e. The number of nitrogens with zero attached hydrogens (tertiary/aromatic N) is 1. The zero-order valence-electron chi connectivity index (χ0n) is 10.1. The highest BCUT2D eigenvalue weighted by atomic mass is 16.3. The lowest BCUT2D eigenvalue weighted by atomic mass is 10.2. The van der Waals surface area contributed by atoms with Crippen molar-refractivity contribution in [2.45, 2.75) is 13.8 Å². The molecule has 3 N–H and O–H groups in total. The van der Waals surface area contributed by atoms with Crippen LogP contribution in [0.25, 0.3) is 0 Å². The number of carbonyl (C=O) groups is 2. The van der Waals surface area contributed by atoms with Gasteiger partial charge in [0.2, 0.25) is 5.91 Å². The van der Waals surface area contributed by atoms with E-state index < -0.39 is 6.03 Å². The molecule has 0 aliphatic heterocycles. The van der Waals surface area contributed by atoms with Gasteiger partial charge in [-0.25, -0.2) is 4.79 Å². The highest BCUT2D eigenvalue weighted by Crippen LogP contribution is 1.86. The number of rotatable bonds is 6. The Morgan fingerprint density at radius 1 is 1.38 bits per heavy atom. The Bertz CT molecular complexity index is 231. The van der Waals surface area contributed by atoms with Gasteiger partial charge in [0, 0.05) is 13.1 Å². The molecule has 0 rings (SSSR count). The van der Waals surface area contributed by atoms with Gasteiger partial charge in [-0.2, -0.15) is 0 Å². The van der Waals surface area contributed by atoms with E-state index in [1.54, 1.807) is 11.9 Å². The fourth-order valence-electron chi connectivity index (χ4n) is 1.00. The van der Waals surface area contributed by atoms with Crippen LogP contribution in [-0.4, -0.2) is 55.2 Å². The van der Waals surface area contributed by atoms with Crippen molar-refractivity contribution >= 4 is 11.9 Å². The van der Waals surface area contributed by atoms with Crippen LogP contribution in [-0.2, 0) is 4.79 Å². The Kier molecular flexibility index (Phi) is 7.49. The smallest absolute Gasteiger partial charge is 0.321 e. The fourth-order valence-corrected chi connectivity index (χ4v) is 1.00. The molecular formula is C10H21N3O3. The number of hydrogen-bond acceptors (Lipinski definition) is 4. The van der Waals surface area contributed by atoms with E-state index in [1.165, 1.54) is 0 Å². The molecule has 0 aliphatic rings. The summed E-state index contributed by atoms with van der Waals surface area (Å²) < 4.78 is 0. The van der Waals surface area contributed by atoms with Crippen LogP contribution in [0.4, 0.5) is 4.79 Å². The van der Waals surface area contributed by atoms with Crippen LogP contribution in [0.15, 0.2) is 0 Å². The lowest BCUT2D eigenvalue weighted by molar-refractivity contribution is -0.120. The third kappa shape index (κ3) is 8.19. The number of imide groups is 1. The molecule has 6 heteroatoms. The Balaban J connectivity index is 3.74. The summed E-state index contributed by atoms with van der Waals surface area (Å²) in [5.41, 5.74) is 0. The number of aliphatic hydroxyl groups is 1. The molecule has 0 fully saturated rings. The molecule has 0 aromatic rings. The molecule has 0 aromatic carbocycles. The van der Waals surface area contributed by atoms with Gasteiger partial charge >= 0.3 is 6.03 Å². The number of likely N-dealkylation sites (N-methyl/N-ethyl adjacent to an activating group) is 1. The predicted octanol–water partition coefficient (Wildman–Crippen LogP) is -0.608. The van der Waals surface area contributed by atoms with Crippen molar-refractivity contribution in [3.63, 3.8) is 0 Å². The summed E-state index contributed by atoms with van der Waals surface area (Å²) in [6.45, 7) is 4.96. The minimum absolute atomic E-state index is 0.0106. The quantitative estimate of drug-likeness (QED) is 0.570. The van der Waals surface area contributed by atoms with Crippen LogP contribution in [0.1, 0.15) is 13.8 Å². The monoisotopic (exact) mass is 231 g/mol. The van der Waals surface area contributed by atoms with Crippen LogP contribution >= 0.6 is 0 Å². The van der Waals surface area contributed by atoms with Gasteiger partial charge in [0.05, 0.1) is 13.2 Å². The first-order valence-electron chi connectivity index (χ1n) is 5.32. The van der Waals surface area contributed by atoms with Crippen LogP contribution in [0.2, 0.25) is 0 Å². The van der Waals surface area contributed by atoms with Gasteiger partial charge in [0.15, 0.2) is 0 Å². The molecule has 0 aromatic heterocycles. The highest BCUT2D eigenvalue weighted by molar-refractivity contribution is 5.95. The molecule has 0 unspecified atom stereocenters. The van der Waals surface area contributed by atoms with Crippen molar-refractivity contribution in [3.05, 3.63) is 0 Å². The van der Waals surface area contributed by atoms with Crippen LogP contribution in [0.5, 0.6) is 0 Å². The van der Waals surface area contributed by atoms with E-state index in [2.05, 4.69) is 10.6 Å². The van der Waals surface area contributed by atoms with E-state index in [0.717, 1.165) is 0 Å². The van der Waals surface area contributed by atoms with Gasteiger partial charge in [-0.1, -0.05) is 13.8 Å². The Morgan fingerprint density at radius 2 is 2.00 bits per heavy atom. The van der Waals surface area contributed by atoms with Gasteiger partial charge < -0.3 is 10.4 Å². The molecule has 94 valence electrons. The highest BCUT2D eigenvalue weighted by Gasteiger charge is 2.09. The molecular weight excluding hydrogens is 210 g/mol. The van der Waals surface area contributed by atoms with Gasteiger partial charge in [-0.3, -0.25) is 15.0 Å². The Labute approximate surface area is 96.0 Å². The standard InChI is InChI=1S/C10H21N3O3/c1-8(2)6-11-10(16)12-9(15)7-13(3)4-5-14/h8,14H,4-7H2,1-3H3,(H2,11,12,15,16). The third-order valence-electron chi connectivity index (χ3n) is 1.82. The van der Waals surface area contributed by atoms with Crippen molar-refractivity contribution in [1.82, 2.24) is 15.5 Å². The zero-order chi connectivity index (χ0) is 12.6. The van der Waals surface area contributed by atoms with E-state index in [-0.39, 0.29) is 19.1 Å². The van der Waals surface area contributed by atoms with Gasteiger partial charge in [-0.15, -0.1) is 0 Å². The lowest BCUT2D eigenvalue weighted by Crippen LogP contribution is -2.45. The van der Waals surface area contributed by atoms with E-state index in [0.29, 0.717) is 19.0 Å². The molecule has 3 amide bonds. The number of nitrogens with one attached hydrogen (secondary N) is 2. The molecule has 0 aliphatic carbocycles. The maximum absolute atomic E-state index is 11.3. The topological polar surface area (TPSA) is 81.7 Å². The van der Waals surface area contributed by atoms with Crippen molar-refractivity contribution < 1.29 is 14.7 Å². The number of aliphatic hydroxyl groups excluding tert-OH is 1. The summed E-state index contributed by atoms with van der Waals surface area (Å²) in [4.78, 5) is 24.1. The van der Waals surface area contributed by atoms with Crippen LogP contribution < -0.4 is 10.6 Å². The van der Waals surface area contributed by atoms with E-state index in [9.17, 15) is 9.59 Å². The first-order valence-corrected chi connectivity index (χ1v) is 5.32. The second kappa shape index (κ2) is 8.06. The van der Waals surface area contributed by atoms with Gasteiger partial charge in [0.25, 0.3) is 0 Å². The molecule has 0 atom stereocenters. The average molecular weight is 231 g/mol. The summed E-state index contributed by atoms with van der Waals surface area (Å²) in [7, 11) is 1.70.